The van der Waals surface area contributed by atoms with E-state index in [1.807, 2.05) is 6.07 Å². The van der Waals surface area contributed by atoms with Crippen LogP contribution >= 0.6 is 57.7 Å². The minimum absolute atomic E-state index is 0.0502. The molecule has 3 aromatic rings. The van der Waals surface area contributed by atoms with Gasteiger partial charge in [0.05, 0.1) is 33.7 Å². The van der Waals surface area contributed by atoms with Crippen LogP contribution in [0.2, 0.25) is 20.1 Å². The molecule has 0 radical (unpaired) electrons. The van der Waals surface area contributed by atoms with Gasteiger partial charge in [-0.2, -0.15) is 10.5 Å². The summed E-state index contributed by atoms with van der Waals surface area (Å²) in [7, 11) is 0. The Morgan fingerprint density at radius 2 is 1.59 bits per heavy atom. The Balaban J connectivity index is 2.07. The van der Waals surface area contributed by atoms with Crippen LogP contribution < -0.4 is 20.5 Å². The number of allylic oxidation sites excluding steroid dienone is 1. The lowest BCUT2D eigenvalue weighted by molar-refractivity contribution is 0.906. The van der Waals surface area contributed by atoms with E-state index in [1.165, 1.54) is 10.6 Å². The van der Waals surface area contributed by atoms with E-state index in [4.69, 9.17) is 52.1 Å². The number of benzene rings is 2. The van der Waals surface area contributed by atoms with Gasteiger partial charge < -0.3 is 5.73 Å². The molecule has 0 saturated heterocycles. The van der Waals surface area contributed by atoms with Crippen LogP contribution in [0.3, 0.4) is 0 Å². The second-order valence-corrected chi connectivity index (χ2v) is 9.48. The summed E-state index contributed by atoms with van der Waals surface area (Å²) in [5, 5.41) is 21.4. The Bertz CT molecular complexity index is 1590. The van der Waals surface area contributed by atoms with Crippen molar-refractivity contribution < 1.29 is 0 Å². The van der Waals surface area contributed by atoms with Crippen LogP contribution in [0.4, 0.5) is 0 Å². The summed E-state index contributed by atoms with van der Waals surface area (Å²) >= 11 is 25.7. The van der Waals surface area contributed by atoms with E-state index >= 15 is 0 Å². The molecule has 1 atom stereocenters. The summed E-state index contributed by atoms with van der Waals surface area (Å²) in [5.41, 5.74) is 7.10. The van der Waals surface area contributed by atoms with Gasteiger partial charge in [-0.3, -0.25) is 9.36 Å². The molecule has 0 aliphatic carbocycles. The molecule has 2 N–H and O–H groups in total. The normalized spacial score (nSPS) is 16.0. The second-order valence-electron chi connectivity index (χ2n) is 6.76. The molecule has 32 heavy (non-hydrogen) atoms. The zero-order chi connectivity index (χ0) is 23.2. The van der Waals surface area contributed by atoms with Gasteiger partial charge in [0.15, 0.2) is 0 Å². The highest BCUT2D eigenvalue weighted by molar-refractivity contribution is 7.07. The lowest BCUT2D eigenvalue weighted by Gasteiger charge is -2.23. The maximum absolute atomic E-state index is 13.2. The molecule has 1 aromatic heterocycles. The van der Waals surface area contributed by atoms with Crippen molar-refractivity contribution in [1.82, 2.24) is 4.57 Å². The largest absolute Gasteiger partial charge is 0.384 e. The maximum atomic E-state index is 13.2. The van der Waals surface area contributed by atoms with Crippen LogP contribution in [-0.4, -0.2) is 4.57 Å². The Kier molecular flexibility index (Phi) is 6.09. The molecule has 0 amide bonds. The first kappa shape index (κ1) is 22.5. The van der Waals surface area contributed by atoms with Gasteiger partial charge in [-0.25, -0.2) is 0 Å². The summed E-state index contributed by atoms with van der Waals surface area (Å²) in [6.07, 6.45) is 1.59. The first-order valence-corrected chi connectivity index (χ1v) is 11.3. The molecular formula is C22H10Cl4N4OS. The first-order chi connectivity index (χ1) is 15.3. The number of nitriles is 2. The van der Waals surface area contributed by atoms with Crippen molar-refractivity contribution in [3.63, 3.8) is 0 Å². The van der Waals surface area contributed by atoms with Gasteiger partial charge >= 0.3 is 0 Å². The van der Waals surface area contributed by atoms with Crippen molar-refractivity contribution in [3.8, 4) is 12.1 Å². The molecule has 1 aliphatic heterocycles. The van der Waals surface area contributed by atoms with Crippen molar-refractivity contribution in [1.29, 1.82) is 10.5 Å². The fourth-order valence-electron chi connectivity index (χ4n) is 3.46. The Hall–Kier alpha value is -2.71. The zero-order valence-corrected chi connectivity index (χ0v) is 19.7. The van der Waals surface area contributed by atoms with Crippen LogP contribution in [0, 0.1) is 22.7 Å². The number of hydrogen-bond acceptors (Lipinski definition) is 5. The van der Waals surface area contributed by atoms with Gasteiger partial charge in [0.1, 0.15) is 10.5 Å². The third kappa shape index (κ3) is 3.71. The SMILES string of the molecule is N#CC1=C(N)n2c(s/c(=C/c3ccc(Cl)cc3Cl)c2=O)=C(C#N)[C@@H]1c1ccc(Cl)cc1Cl. The molecule has 4 rings (SSSR count). The van der Waals surface area contributed by atoms with Gasteiger partial charge in [-0.1, -0.05) is 58.5 Å². The molecule has 2 heterocycles. The number of halogens is 4. The number of hydrogen-bond donors (Lipinski definition) is 1. The lowest BCUT2D eigenvalue weighted by atomic mass is 9.84. The quantitative estimate of drug-likeness (QED) is 0.540. The summed E-state index contributed by atoms with van der Waals surface area (Å²) in [4.78, 5) is 13.2. The minimum atomic E-state index is -0.834. The zero-order valence-electron chi connectivity index (χ0n) is 15.9. The molecule has 0 saturated carbocycles. The van der Waals surface area contributed by atoms with Crippen LogP contribution in [0.1, 0.15) is 17.0 Å². The maximum Gasteiger partial charge on any atom is 0.274 e. The van der Waals surface area contributed by atoms with Crippen molar-refractivity contribution >= 4 is 75.2 Å². The average molecular weight is 520 g/mol. The number of aromatic nitrogens is 1. The number of thiazole rings is 1. The fourth-order valence-corrected chi connectivity index (χ4v) is 5.56. The van der Waals surface area contributed by atoms with Crippen LogP contribution in [0.5, 0.6) is 0 Å². The van der Waals surface area contributed by atoms with E-state index in [0.717, 1.165) is 11.3 Å². The lowest BCUT2D eigenvalue weighted by Crippen LogP contribution is -2.38. The third-order valence-corrected chi connectivity index (χ3v) is 7.14. The molecule has 0 unspecified atom stereocenters. The van der Waals surface area contributed by atoms with Gasteiger partial charge in [0.2, 0.25) is 0 Å². The number of fused-ring (bicyclic) bond motifs is 1. The smallest absolute Gasteiger partial charge is 0.274 e. The standard InChI is InChI=1S/C22H10Cl4N4OS/c23-11-2-1-10(16(25)6-11)5-18-21(31)30-20(29)14(8-27)19(15(9-28)22(30)32-18)13-4-3-12(24)7-17(13)26/h1-7,19H,29H2/b18-5+/t19-/m1/s1. The molecule has 0 bridgehead atoms. The van der Waals surface area contributed by atoms with Crippen LogP contribution in [0.15, 0.2) is 46.8 Å². The van der Waals surface area contributed by atoms with E-state index in [9.17, 15) is 15.3 Å². The van der Waals surface area contributed by atoms with E-state index in [2.05, 4.69) is 6.07 Å². The summed E-state index contributed by atoms with van der Waals surface area (Å²) < 4.78 is 1.79. The number of rotatable bonds is 2. The highest BCUT2D eigenvalue weighted by Crippen LogP contribution is 2.39. The van der Waals surface area contributed by atoms with E-state index in [-0.39, 0.29) is 22.0 Å². The van der Waals surface area contributed by atoms with E-state index in [0.29, 0.717) is 35.4 Å². The monoisotopic (exact) mass is 518 g/mol. The Morgan fingerprint density at radius 1 is 0.969 bits per heavy atom. The Labute approximate surface area is 206 Å². The predicted molar refractivity (Wildman–Crippen MR) is 129 cm³/mol. The van der Waals surface area contributed by atoms with E-state index < -0.39 is 11.5 Å². The summed E-state index contributed by atoms with van der Waals surface area (Å²) in [6, 6.07) is 13.8. The predicted octanol–water partition coefficient (Wildman–Crippen LogP) is 4.47. The van der Waals surface area contributed by atoms with E-state index in [1.54, 1.807) is 36.4 Å². The number of nitrogens with two attached hydrogens (primary N) is 1. The molecule has 0 spiro atoms. The van der Waals surface area contributed by atoms with Crippen LogP contribution in [-0.2, 0) is 0 Å². The molecule has 2 aromatic carbocycles. The first-order valence-electron chi connectivity index (χ1n) is 8.94. The Morgan fingerprint density at radius 3 is 2.19 bits per heavy atom. The van der Waals surface area contributed by atoms with Gasteiger partial charge in [-0.15, -0.1) is 11.3 Å². The van der Waals surface area contributed by atoms with Gasteiger partial charge in [-0.05, 0) is 41.5 Å². The van der Waals surface area contributed by atoms with Gasteiger partial charge in [0, 0.05) is 20.1 Å². The van der Waals surface area contributed by atoms with Crippen molar-refractivity contribution in [2.24, 2.45) is 5.73 Å². The molecular weight excluding hydrogens is 510 g/mol. The molecule has 1 aliphatic rings. The minimum Gasteiger partial charge on any atom is -0.384 e. The topological polar surface area (TPSA) is 95.6 Å². The van der Waals surface area contributed by atoms with Crippen molar-refractivity contribution in [3.05, 3.63) is 92.7 Å². The highest BCUT2D eigenvalue weighted by Gasteiger charge is 2.33. The van der Waals surface area contributed by atoms with Crippen molar-refractivity contribution in [2.75, 3.05) is 0 Å². The fraction of sp³-hybridized carbons (Fsp3) is 0.0455. The highest BCUT2D eigenvalue weighted by atomic mass is 35.5. The third-order valence-electron chi connectivity index (χ3n) is 4.91. The molecule has 10 heteroatoms. The molecule has 5 nitrogen and oxygen atoms in total. The van der Waals surface area contributed by atoms with Crippen molar-refractivity contribution in [2.45, 2.75) is 5.92 Å². The summed E-state index contributed by atoms with van der Waals surface area (Å²) in [6.45, 7) is 0. The molecule has 0 fully saturated rings. The molecule has 158 valence electrons. The summed E-state index contributed by atoms with van der Waals surface area (Å²) in [5.74, 6) is -0.889. The van der Waals surface area contributed by atoms with Gasteiger partial charge in [0.25, 0.3) is 5.56 Å². The second kappa shape index (κ2) is 8.67. The average Bonchev–Trinajstić information content (AvgIpc) is 3.06. The van der Waals surface area contributed by atoms with Crippen LogP contribution in [0.25, 0.3) is 17.5 Å². The number of nitrogens with zero attached hydrogens (tertiary/aromatic N) is 3.